The number of likely N-dealkylation sites (tertiary alicyclic amines) is 1. The zero-order chi connectivity index (χ0) is 19.4. The Balaban J connectivity index is 1.50. The largest absolute Gasteiger partial charge is 0.484 e. The molecule has 0 radical (unpaired) electrons. The zero-order valence-electron chi connectivity index (χ0n) is 15.8. The molecule has 0 bridgehead atoms. The number of aromatic nitrogens is 2. The van der Waals surface area contributed by atoms with Crippen molar-refractivity contribution >= 4 is 29.3 Å². The molecular weight excluding hydrogens is 386 g/mol. The van der Waals surface area contributed by atoms with Gasteiger partial charge in [0.2, 0.25) is 5.91 Å². The third kappa shape index (κ3) is 5.17. The fourth-order valence-corrected chi connectivity index (χ4v) is 4.09. The average molecular weight is 410 g/mol. The van der Waals surface area contributed by atoms with Gasteiger partial charge in [-0.25, -0.2) is 0 Å². The maximum atomic E-state index is 12.5. The Kier molecular flexibility index (Phi) is 6.65. The number of thioether (sulfide) groups is 1. The summed E-state index contributed by atoms with van der Waals surface area (Å²) in [6, 6.07) is 6.01. The summed E-state index contributed by atoms with van der Waals surface area (Å²) in [6.45, 7) is 6.30. The topological polar surface area (TPSA) is 68.5 Å². The number of ether oxygens (including phenoxy) is 1. The first-order chi connectivity index (χ1) is 12.9. The Morgan fingerprint density at radius 2 is 2.07 bits per heavy atom. The van der Waals surface area contributed by atoms with Gasteiger partial charge >= 0.3 is 0 Å². The molecule has 8 heteroatoms. The zero-order valence-corrected chi connectivity index (χ0v) is 17.3. The number of carbonyl (C=O) groups excluding carboxylic acids is 1. The number of carbonyl (C=O) groups is 1. The van der Waals surface area contributed by atoms with Crippen LogP contribution in [0, 0.1) is 6.92 Å². The molecule has 1 aromatic carbocycles. The first-order valence-electron chi connectivity index (χ1n) is 9.09. The third-order valence-corrected chi connectivity index (χ3v) is 5.97. The van der Waals surface area contributed by atoms with Crippen molar-refractivity contribution in [2.75, 3.05) is 5.75 Å². The van der Waals surface area contributed by atoms with Gasteiger partial charge in [-0.05, 0) is 63.8 Å². The molecule has 2 aromatic rings. The minimum Gasteiger partial charge on any atom is -0.484 e. The first kappa shape index (κ1) is 20.0. The summed E-state index contributed by atoms with van der Waals surface area (Å²) < 4.78 is 11.2. The molecule has 2 atom stereocenters. The molecule has 1 aliphatic rings. The highest BCUT2D eigenvalue weighted by Crippen LogP contribution is 2.25. The molecule has 0 saturated carbocycles. The van der Waals surface area contributed by atoms with Gasteiger partial charge in [-0.1, -0.05) is 23.4 Å². The van der Waals surface area contributed by atoms with Crippen molar-refractivity contribution in [2.45, 2.75) is 63.9 Å². The number of piperidine rings is 1. The van der Waals surface area contributed by atoms with Crippen LogP contribution in [0.25, 0.3) is 0 Å². The molecule has 1 aliphatic heterocycles. The van der Waals surface area contributed by atoms with Gasteiger partial charge in [-0.3, -0.25) is 4.79 Å². The number of aryl methyl sites for hydroxylation is 1. The average Bonchev–Trinajstić information content (AvgIpc) is 3.09. The molecule has 1 amide bonds. The van der Waals surface area contributed by atoms with Crippen LogP contribution in [0.1, 0.15) is 44.6 Å². The van der Waals surface area contributed by atoms with Crippen LogP contribution in [0.2, 0.25) is 5.02 Å². The Morgan fingerprint density at radius 1 is 1.33 bits per heavy atom. The van der Waals surface area contributed by atoms with Crippen LogP contribution < -0.4 is 4.74 Å². The highest BCUT2D eigenvalue weighted by Gasteiger charge is 2.29. The summed E-state index contributed by atoms with van der Waals surface area (Å²) in [5, 5.41) is 9.04. The van der Waals surface area contributed by atoms with Gasteiger partial charge in [0.25, 0.3) is 11.1 Å². The van der Waals surface area contributed by atoms with Gasteiger partial charge in [0, 0.05) is 17.1 Å². The summed E-state index contributed by atoms with van der Waals surface area (Å²) in [5.74, 6) is 1.48. The van der Waals surface area contributed by atoms with Crippen LogP contribution in [0.5, 0.6) is 5.75 Å². The number of amides is 1. The van der Waals surface area contributed by atoms with E-state index in [2.05, 4.69) is 24.0 Å². The smallest absolute Gasteiger partial charge is 0.277 e. The number of hydrogen-bond acceptors (Lipinski definition) is 6. The summed E-state index contributed by atoms with van der Waals surface area (Å²) in [6.07, 6.45) is 3.30. The number of nitrogens with zero attached hydrogens (tertiary/aromatic N) is 3. The lowest BCUT2D eigenvalue weighted by molar-refractivity contribution is -0.134. The summed E-state index contributed by atoms with van der Waals surface area (Å²) in [4.78, 5) is 14.5. The van der Waals surface area contributed by atoms with Crippen LogP contribution >= 0.6 is 23.4 Å². The van der Waals surface area contributed by atoms with E-state index < -0.39 is 0 Å². The lowest BCUT2D eigenvalue weighted by Crippen LogP contribution is -2.48. The molecule has 6 nitrogen and oxygen atoms in total. The molecule has 2 heterocycles. The number of benzene rings is 1. The maximum absolute atomic E-state index is 12.5. The predicted molar refractivity (Wildman–Crippen MR) is 105 cm³/mol. The van der Waals surface area contributed by atoms with Crippen LogP contribution in [0.3, 0.4) is 0 Å². The minimum absolute atomic E-state index is 0.118. The maximum Gasteiger partial charge on any atom is 0.277 e. The van der Waals surface area contributed by atoms with Gasteiger partial charge in [0.1, 0.15) is 5.75 Å². The molecule has 1 saturated heterocycles. The molecule has 0 aliphatic carbocycles. The lowest BCUT2D eigenvalue weighted by atomic mass is 9.98. The molecule has 1 aromatic heterocycles. The van der Waals surface area contributed by atoms with E-state index in [1.165, 1.54) is 18.2 Å². The van der Waals surface area contributed by atoms with Crippen molar-refractivity contribution in [1.29, 1.82) is 0 Å². The van der Waals surface area contributed by atoms with Crippen molar-refractivity contribution in [3.63, 3.8) is 0 Å². The SMILES string of the molecule is Cc1cc(OCc2nnc(SCC(=O)N3C(C)CCCC3C)o2)ccc1Cl. The molecular formula is C19H24ClN3O3S. The first-order valence-corrected chi connectivity index (χ1v) is 10.5. The molecule has 0 spiro atoms. The van der Waals surface area contributed by atoms with E-state index in [4.69, 9.17) is 20.8 Å². The summed E-state index contributed by atoms with van der Waals surface area (Å²) in [7, 11) is 0. The van der Waals surface area contributed by atoms with E-state index in [1.54, 1.807) is 12.1 Å². The van der Waals surface area contributed by atoms with E-state index in [0.29, 0.717) is 27.6 Å². The van der Waals surface area contributed by atoms with Crippen LogP contribution in [0.15, 0.2) is 27.8 Å². The second-order valence-electron chi connectivity index (χ2n) is 6.88. The highest BCUT2D eigenvalue weighted by atomic mass is 35.5. The van der Waals surface area contributed by atoms with Gasteiger partial charge in [-0.2, -0.15) is 0 Å². The highest BCUT2D eigenvalue weighted by molar-refractivity contribution is 7.99. The number of halogens is 1. The van der Waals surface area contributed by atoms with Gasteiger partial charge in [-0.15, -0.1) is 10.2 Å². The van der Waals surface area contributed by atoms with Crippen molar-refractivity contribution < 1.29 is 13.9 Å². The van der Waals surface area contributed by atoms with Crippen molar-refractivity contribution in [1.82, 2.24) is 15.1 Å². The second kappa shape index (κ2) is 8.97. The fourth-order valence-electron chi connectivity index (χ4n) is 3.32. The Labute approximate surface area is 168 Å². The van der Waals surface area contributed by atoms with Crippen LogP contribution in [-0.2, 0) is 11.4 Å². The van der Waals surface area contributed by atoms with Crippen LogP contribution in [0.4, 0.5) is 0 Å². The standard InChI is InChI=1S/C19H24ClN3O3S/c1-12-9-15(7-8-16(12)20)25-10-17-21-22-19(26-17)27-11-18(24)23-13(2)5-4-6-14(23)3/h7-9,13-14H,4-6,10-11H2,1-3H3. The fraction of sp³-hybridized carbons (Fsp3) is 0.526. The van der Waals surface area contributed by atoms with Gasteiger partial charge in [0.05, 0.1) is 5.75 Å². The van der Waals surface area contributed by atoms with E-state index in [9.17, 15) is 4.79 Å². The third-order valence-electron chi connectivity index (χ3n) is 4.74. The van der Waals surface area contributed by atoms with Crippen molar-refractivity contribution in [2.24, 2.45) is 0 Å². The normalized spacial score (nSPS) is 19.9. The predicted octanol–water partition coefficient (Wildman–Crippen LogP) is 4.49. The Hall–Kier alpha value is -1.73. The van der Waals surface area contributed by atoms with Gasteiger partial charge < -0.3 is 14.1 Å². The van der Waals surface area contributed by atoms with E-state index in [-0.39, 0.29) is 24.6 Å². The van der Waals surface area contributed by atoms with Crippen LogP contribution in [-0.4, -0.2) is 38.8 Å². The quantitative estimate of drug-likeness (QED) is 0.654. The Morgan fingerprint density at radius 3 is 2.78 bits per heavy atom. The van der Waals surface area contributed by atoms with E-state index >= 15 is 0 Å². The summed E-state index contributed by atoms with van der Waals surface area (Å²) >= 11 is 7.27. The molecule has 2 unspecified atom stereocenters. The molecule has 0 N–H and O–H groups in total. The van der Waals surface area contributed by atoms with E-state index in [0.717, 1.165) is 18.4 Å². The Bertz CT molecular complexity index is 788. The van der Waals surface area contributed by atoms with Crippen molar-refractivity contribution in [3.8, 4) is 5.75 Å². The lowest BCUT2D eigenvalue weighted by Gasteiger charge is -2.39. The molecule has 146 valence electrons. The molecule has 1 fully saturated rings. The number of rotatable bonds is 6. The monoisotopic (exact) mass is 409 g/mol. The van der Waals surface area contributed by atoms with E-state index in [1.807, 2.05) is 17.9 Å². The van der Waals surface area contributed by atoms with Crippen molar-refractivity contribution in [3.05, 3.63) is 34.7 Å². The second-order valence-corrected chi connectivity index (χ2v) is 8.21. The molecule has 27 heavy (non-hydrogen) atoms. The summed E-state index contributed by atoms with van der Waals surface area (Å²) in [5.41, 5.74) is 0.940. The molecule has 3 rings (SSSR count). The number of hydrogen-bond donors (Lipinski definition) is 0. The van der Waals surface area contributed by atoms with Gasteiger partial charge in [0.15, 0.2) is 6.61 Å². The minimum atomic E-state index is 0.118.